The van der Waals surface area contributed by atoms with E-state index >= 15 is 0 Å². The Morgan fingerprint density at radius 1 is 1.32 bits per heavy atom. The van der Waals surface area contributed by atoms with Crippen molar-refractivity contribution in [3.63, 3.8) is 0 Å². The number of nitriles is 1. The molecule has 0 saturated heterocycles. The number of ether oxygens (including phenoxy) is 1. The van der Waals surface area contributed by atoms with Crippen LogP contribution in [0.25, 0.3) is 0 Å². The molecule has 0 aliphatic carbocycles. The van der Waals surface area contributed by atoms with Gasteiger partial charge in [0.15, 0.2) is 6.10 Å². The molecule has 1 unspecified atom stereocenters. The second-order valence-corrected chi connectivity index (χ2v) is 4.82. The zero-order valence-corrected chi connectivity index (χ0v) is 12.4. The maximum Gasteiger partial charge on any atom is 0.263 e. The molecule has 0 aliphatic heterocycles. The molecule has 0 spiro atoms. The van der Waals surface area contributed by atoms with Gasteiger partial charge in [0, 0.05) is 6.54 Å². The molecule has 1 atom stereocenters. The molecule has 0 saturated carbocycles. The van der Waals surface area contributed by atoms with Gasteiger partial charge in [0.2, 0.25) is 0 Å². The van der Waals surface area contributed by atoms with Gasteiger partial charge in [-0.2, -0.15) is 5.26 Å². The lowest BCUT2D eigenvalue weighted by molar-refractivity contribution is -0.138. The normalized spacial score (nSPS) is 11.5. The molecule has 0 fully saturated rings. The summed E-state index contributed by atoms with van der Waals surface area (Å²) in [6, 6.07) is 14.8. The van der Waals surface area contributed by atoms with Gasteiger partial charge < -0.3 is 14.1 Å². The molecule has 0 N–H and O–H groups in total. The molecule has 5 heteroatoms. The molecular weight excluding hydrogens is 280 g/mol. The molecular formula is C17H18N2O3. The summed E-state index contributed by atoms with van der Waals surface area (Å²) in [6.45, 7) is 2.38. The Kier molecular flexibility index (Phi) is 5.61. The van der Waals surface area contributed by atoms with Crippen LogP contribution in [0.5, 0.6) is 5.75 Å². The number of carbonyl (C=O) groups is 1. The Hall–Kier alpha value is -2.74. The van der Waals surface area contributed by atoms with E-state index in [0.29, 0.717) is 24.6 Å². The summed E-state index contributed by atoms with van der Waals surface area (Å²) in [4.78, 5) is 14.1. The summed E-state index contributed by atoms with van der Waals surface area (Å²) in [5.41, 5.74) is 0. The Labute approximate surface area is 129 Å². The van der Waals surface area contributed by atoms with Gasteiger partial charge >= 0.3 is 0 Å². The fourth-order valence-corrected chi connectivity index (χ4v) is 2.05. The highest BCUT2D eigenvalue weighted by Crippen LogP contribution is 2.14. The Bertz CT molecular complexity index is 617. The molecule has 1 heterocycles. The van der Waals surface area contributed by atoms with Gasteiger partial charge in [-0.05, 0) is 31.2 Å². The lowest BCUT2D eigenvalue weighted by Gasteiger charge is -2.24. The fourth-order valence-electron chi connectivity index (χ4n) is 2.05. The highest BCUT2D eigenvalue weighted by Gasteiger charge is 2.22. The van der Waals surface area contributed by atoms with E-state index < -0.39 is 6.10 Å². The minimum Gasteiger partial charge on any atom is -0.481 e. The van der Waals surface area contributed by atoms with Crippen molar-refractivity contribution in [2.24, 2.45) is 0 Å². The summed E-state index contributed by atoms with van der Waals surface area (Å²) >= 11 is 0. The van der Waals surface area contributed by atoms with E-state index in [0.717, 1.165) is 0 Å². The zero-order chi connectivity index (χ0) is 15.8. The van der Waals surface area contributed by atoms with Crippen LogP contribution in [0.2, 0.25) is 0 Å². The summed E-state index contributed by atoms with van der Waals surface area (Å²) in [5, 5.41) is 8.75. The summed E-state index contributed by atoms with van der Waals surface area (Å²) in [5.74, 6) is 1.15. The van der Waals surface area contributed by atoms with E-state index in [1.54, 1.807) is 42.4 Å². The maximum absolute atomic E-state index is 12.5. The first kappa shape index (κ1) is 15.6. The fraction of sp³-hybridized carbons (Fsp3) is 0.294. The summed E-state index contributed by atoms with van der Waals surface area (Å²) < 4.78 is 10.9. The van der Waals surface area contributed by atoms with Crippen molar-refractivity contribution < 1.29 is 13.9 Å². The average molecular weight is 298 g/mol. The molecule has 0 radical (unpaired) electrons. The van der Waals surface area contributed by atoms with Crippen molar-refractivity contribution in [3.05, 3.63) is 54.5 Å². The molecule has 22 heavy (non-hydrogen) atoms. The molecule has 2 rings (SSSR count). The Morgan fingerprint density at radius 2 is 2.09 bits per heavy atom. The van der Waals surface area contributed by atoms with Crippen molar-refractivity contribution in [1.29, 1.82) is 5.26 Å². The van der Waals surface area contributed by atoms with Gasteiger partial charge in [0.05, 0.1) is 25.3 Å². The summed E-state index contributed by atoms with van der Waals surface area (Å²) in [7, 11) is 0. The quantitative estimate of drug-likeness (QED) is 0.788. The predicted octanol–water partition coefficient (Wildman–Crippen LogP) is 2.99. The van der Waals surface area contributed by atoms with Crippen LogP contribution >= 0.6 is 0 Å². The van der Waals surface area contributed by atoms with Crippen molar-refractivity contribution in [2.75, 3.05) is 6.54 Å². The van der Waals surface area contributed by atoms with Crippen LogP contribution in [0.15, 0.2) is 53.1 Å². The average Bonchev–Trinajstić information content (AvgIpc) is 3.04. The van der Waals surface area contributed by atoms with Gasteiger partial charge in [0.1, 0.15) is 11.5 Å². The first-order valence-corrected chi connectivity index (χ1v) is 7.10. The highest BCUT2D eigenvalue weighted by molar-refractivity contribution is 5.80. The molecule has 2 aromatic rings. The number of hydrogen-bond acceptors (Lipinski definition) is 4. The van der Waals surface area contributed by atoms with E-state index in [1.165, 1.54) is 0 Å². The monoisotopic (exact) mass is 298 g/mol. The van der Waals surface area contributed by atoms with E-state index in [-0.39, 0.29) is 12.3 Å². The van der Waals surface area contributed by atoms with Gasteiger partial charge in [-0.1, -0.05) is 18.2 Å². The molecule has 1 aromatic heterocycles. The minimum absolute atomic E-state index is 0.171. The van der Waals surface area contributed by atoms with Crippen molar-refractivity contribution in [1.82, 2.24) is 4.90 Å². The van der Waals surface area contributed by atoms with Gasteiger partial charge in [-0.15, -0.1) is 0 Å². The number of hydrogen-bond donors (Lipinski definition) is 0. The molecule has 1 amide bonds. The minimum atomic E-state index is -0.629. The van der Waals surface area contributed by atoms with Crippen LogP contribution in [-0.2, 0) is 11.3 Å². The second-order valence-electron chi connectivity index (χ2n) is 4.82. The number of para-hydroxylation sites is 1. The van der Waals surface area contributed by atoms with E-state index in [1.807, 2.05) is 18.2 Å². The Balaban J connectivity index is 2.02. The number of amides is 1. The molecule has 5 nitrogen and oxygen atoms in total. The van der Waals surface area contributed by atoms with Crippen LogP contribution < -0.4 is 4.74 Å². The number of rotatable bonds is 7. The van der Waals surface area contributed by atoms with Crippen molar-refractivity contribution in [2.45, 2.75) is 26.0 Å². The lowest BCUT2D eigenvalue weighted by atomic mass is 10.2. The third kappa shape index (κ3) is 4.38. The SMILES string of the molecule is CC(Oc1ccccc1)C(=O)N(CCC#N)Cc1ccco1. The van der Waals surface area contributed by atoms with Crippen LogP contribution in [0, 0.1) is 11.3 Å². The van der Waals surface area contributed by atoms with E-state index in [9.17, 15) is 4.79 Å². The van der Waals surface area contributed by atoms with Crippen molar-refractivity contribution in [3.8, 4) is 11.8 Å². The standard InChI is InChI=1S/C17H18N2O3/c1-14(22-15-7-3-2-4-8-15)17(20)19(11-6-10-18)13-16-9-5-12-21-16/h2-5,7-9,12,14H,6,11,13H2,1H3. The van der Waals surface area contributed by atoms with Crippen LogP contribution in [0.1, 0.15) is 19.1 Å². The molecule has 0 bridgehead atoms. The van der Waals surface area contributed by atoms with E-state index in [2.05, 4.69) is 6.07 Å². The maximum atomic E-state index is 12.5. The van der Waals surface area contributed by atoms with Crippen LogP contribution in [-0.4, -0.2) is 23.5 Å². The second kappa shape index (κ2) is 7.89. The van der Waals surface area contributed by atoms with Crippen LogP contribution in [0.4, 0.5) is 0 Å². The number of benzene rings is 1. The highest BCUT2D eigenvalue weighted by atomic mass is 16.5. The third-order valence-electron chi connectivity index (χ3n) is 3.14. The van der Waals surface area contributed by atoms with Crippen molar-refractivity contribution >= 4 is 5.91 Å². The van der Waals surface area contributed by atoms with Crippen LogP contribution in [0.3, 0.4) is 0 Å². The number of carbonyl (C=O) groups excluding carboxylic acids is 1. The lowest BCUT2D eigenvalue weighted by Crippen LogP contribution is -2.40. The molecule has 1 aromatic carbocycles. The van der Waals surface area contributed by atoms with Gasteiger partial charge in [0.25, 0.3) is 5.91 Å². The largest absolute Gasteiger partial charge is 0.481 e. The first-order chi connectivity index (χ1) is 10.7. The predicted molar refractivity (Wildman–Crippen MR) is 80.9 cm³/mol. The first-order valence-electron chi connectivity index (χ1n) is 7.10. The summed E-state index contributed by atoms with van der Waals surface area (Å²) in [6.07, 6.45) is 1.20. The zero-order valence-electron chi connectivity index (χ0n) is 12.4. The van der Waals surface area contributed by atoms with Gasteiger partial charge in [-0.25, -0.2) is 0 Å². The van der Waals surface area contributed by atoms with E-state index in [4.69, 9.17) is 14.4 Å². The Morgan fingerprint density at radius 3 is 2.73 bits per heavy atom. The molecule has 0 aliphatic rings. The molecule has 114 valence electrons. The number of furan rings is 1. The third-order valence-corrected chi connectivity index (χ3v) is 3.14. The smallest absolute Gasteiger partial charge is 0.263 e. The topological polar surface area (TPSA) is 66.5 Å². The van der Waals surface area contributed by atoms with Gasteiger partial charge in [-0.3, -0.25) is 4.79 Å². The number of nitrogens with zero attached hydrogens (tertiary/aromatic N) is 2.